The number of halogens is 2. The van der Waals surface area contributed by atoms with Crippen LogP contribution < -0.4 is 5.32 Å². The standard InChI is InChI=1S/C19H13BrFN5O/c1-10-8-16(26-25-10)23-18-14-7-4-12(20)9-15(14)22-19(24-18)17(27)11-2-5-13(21)6-3-11/h2-9H,1H3,(H2,22,23,24,25,26). The van der Waals surface area contributed by atoms with E-state index in [1.54, 1.807) is 6.07 Å². The maximum atomic E-state index is 13.1. The predicted octanol–water partition coefficient (Wildman–Crippen LogP) is 4.54. The minimum Gasteiger partial charge on any atom is -0.323 e. The van der Waals surface area contributed by atoms with E-state index in [1.165, 1.54) is 24.3 Å². The highest BCUT2D eigenvalue weighted by molar-refractivity contribution is 9.10. The SMILES string of the molecule is Cc1cc(Nc2nc(C(=O)c3ccc(F)cc3)nc3cc(Br)ccc23)n[nH]1. The van der Waals surface area contributed by atoms with Gasteiger partial charge in [-0.3, -0.25) is 9.89 Å². The van der Waals surface area contributed by atoms with Crippen LogP contribution in [0.25, 0.3) is 10.9 Å². The summed E-state index contributed by atoms with van der Waals surface area (Å²) in [5.74, 6) is 0.256. The first-order valence-electron chi connectivity index (χ1n) is 8.06. The van der Waals surface area contributed by atoms with Crippen molar-refractivity contribution in [3.05, 3.63) is 75.9 Å². The van der Waals surface area contributed by atoms with Gasteiger partial charge in [0.15, 0.2) is 5.82 Å². The zero-order chi connectivity index (χ0) is 19.0. The molecule has 2 aromatic carbocycles. The van der Waals surface area contributed by atoms with Crippen LogP contribution in [0.15, 0.2) is 53.0 Å². The van der Waals surface area contributed by atoms with Crippen LogP contribution >= 0.6 is 15.9 Å². The molecule has 0 aliphatic rings. The number of ketones is 1. The molecule has 27 heavy (non-hydrogen) atoms. The van der Waals surface area contributed by atoms with Gasteiger partial charge in [0.2, 0.25) is 11.6 Å². The fourth-order valence-electron chi connectivity index (χ4n) is 2.63. The summed E-state index contributed by atoms with van der Waals surface area (Å²) < 4.78 is 14.0. The van der Waals surface area contributed by atoms with E-state index in [1.807, 2.05) is 25.1 Å². The van der Waals surface area contributed by atoms with E-state index >= 15 is 0 Å². The number of benzene rings is 2. The molecule has 0 aliphatic carbocycles. The maximum absolute atomic E-state index is 13.1. The fraction of sp³-hybridized carbons (Fsp3) is 0.0526. The highest BCUT2D eigenvalue weighted by Gasteiger charge is 2.17. The predicted molar refractivity (Wildman–Crippen MR) is 104 cm³/mol. The van der Waals surface area contributed by atoms with E-state index in [0.717, 1.165) is 15.6 Å². The van der Waals surface area contributed by atoms with E-state index in [-0.39, 0.29) is 5.82 Å². The zero-order valence-electron chi connectivity index (χ0n) is 14.1. The summed E-state index contributed by atoms with van der Waals surface area (Å²) in [5.41, 5.74) is 1.80. The number of anilines is 2. The van der Waals surface area contributed by atoms with Gasteiger partial charge in [-0.1, -0.05) is 15.9 Å². The minimum absolute atomic E-state index is 0.0157. The van der Waals surface area contributed by atoms with Crippen molar-refractivity contribution < 1.29 is 9.18 Å². The van der Waals surface area contributed by atoms with Crippen LogP contribution in [-0.4, -0.2) is 25.9 Å². The molecule has 134 valence electrons. The normalized spacial score (nSPS) is 10.9. The monoisotopic (exact) mass is 425 g/mol. The molecule has 0 fully saturated rings. The van der Waals surface area contributed by atoms with Gasteiger partial charge in [-0.15, -0.1) is 0 Å². The highest BCUT2D eigenvalue weighted by Crippen LogP contribution is 2.26. The molecule has 0 aliphatic heterocycles. The molecule has 0 saturated carbocycles. The topological polar surface area (TPSA) is 83.6 Å². The van der Waals surface area contributed by atoms with Crippen molar-refractivity contribution >= 4 is 44.3 Å². The van der Waals surface area contributed by atoms with Gasteiger partial charge in [0.1, 0.15) is 11.6 Å². The second kappa shape index (κ2) is 6.88. The van der Waals surface area contributed by atoms with Crippen molar-refractivity contribution in [1.29, 1.82) is 0 Å². The van der Waals surface area contributed by atoms with E-state index in [4.69, 9.17) is 0 Å². The molecule has 0 atom stereocenters. The molecule has 0 amide bonds. The van der Waals surface area contributed by atoms with Crippen LogP contribution in [0.5, 0.6) is 0 Å². The Hall–Kier alpha value is -3.13. The average Bonchev–Trinajstić information content (AvgIpc) is 3.06. The Morgan fingerprint density at radius 2 is 1.89 bits per heavy atom. The van der Waals surface area contributed by atoms with Gasteiger partial charge in [0.25, 0.3) is 0 Å². The summed E-state index contributed by atoms with van der Waals surface area (Å²) >= 11 is 3.42. The van der Waals surface area contributed by atoms with Crippen LogP contribution in [0, 0.1) is 12.7 Å². The number of nitrogens with one attached hydrogen (secondary N) is 2. The van der Waals surface area contributed by atoms with Crippen LogP contribution in [0.3, 0.4) is 0 Å². The molecular formula is C19H13BrFN5O. The van der Waals surface area contributed by atoms with Gasteiger partial charge in [0.05, 0.1) is 5.52 Å². The Kier molecular flexibility index (Phi) is 4.41. The molecular weight excluding hydrogens is 413 g/mol. The molecule has 6 nitrogen and oxygen atoms in total. The lowest BCUT2D eigenvalue weighted by atomic mass is 10.1. The van der Waals surface area contributed by atoms with E-state index in [9.17, 15) is 9.18 Å². The largest absolute Gasteiger partial charge is 0.323 e. The Morgan fingerprint density at radius 1 is 1.11 bits per heavy atom. The number of fused-ring (bicyclic) bond motifs is 1. The van der Waals surface area contributed by atoms with Crippen molar-refractivity contribution in [1.82, 2.24) is 20.2 Å². The third-order valence-corrected chi connectivity index (χ3v) is 4.41. The summed E-state index contributed by atoms with van der Waals surface area (Å²) in [6.07, 6.45) is 0. The number of aromatic nitrogens is 4. The third kappa shape index (κ3) is 3.56. The summed E-state index contributed by atoms with van der Waals surface area (Å²) in [5, 5.41) is 10.9. The molecule has 0 radical (unpaired) electrons. The third-order valence-electron chi connectivity index (χ3n) is 3.92. The number of hydrogen-bond donors (Lipinski definition) is 2. The molecule has 0 bridgehead atoms. The lowest BCUT2D eigenvalue weighted by Crippen LogP contribution is -2.09. The van der Waals surface area contributed by atoms with Crippen LogP contribution in [0.1, 0.15) is 21.9 Å². The van der Waals surface area contributed by atoms with Gasteiger partial charge in [-0.25, -0.2) is 14.4 Å². The molecule has 4 aromatic rings. The Bertz CT molecular complexity index is 1160. The van der Waals surface area contributed by atoms with Gasteiger partial charge in [-0.2, -0.15) is 5.10 Å². The Morgan fingerprint density at radius 3 is 2.59 bits per heavy atom. The first-order valence-corrected chi connectivity index (χ1v) is 8.85. The maximum Gasteiger partial charge on any atom is 0.230 e. The quantitative estimate of drug-likeness (QED) is 0.469. The second-order valence-corrected chi connectivity index (χ2v) is 6.87. The molecule has 2 heterocycles. The molecule has 2 aromatic heterocycles. The smallest absolute Gasteiger partial charge is 0.230 e. The first-order chi connectivity index (χ1) is 13.0. The number of nitrogens with zero attached hydrogens (tertiary/aromatic N) is 3. The number of aromatic amines is 1. The molecule has 2 N–H and O–H groups in total. The van der Waals surface area contributed by atoms with Crippen molar-refractivity contribution in [3.63, 3.8) is 0 Å². The number of carbonyl (C=O) groups is 1. The number of aryl methyl sites for hydroxylation is 1. The van der Waals surface area contributed by atoms with Gasteiger partial charge >= 0.3 is 0 Å². The molecule has 8 heteroatoms. The van der Waals surface area contributed by atoms with E-state index in [0.29, 0.717) is 22.7 Å². The molecule has 4 rings (SSSR count). The van der Waals surface area contributed by atoms with E-state index in [2.05, 4.69) is 41.4 Å². The zero-order valence-corrected chi connectivity index (χ0v) is 15.7. The average molecular weight is 426 g/mol. The number of H-pyrrole nitrogens is 1. The molecule has 0 saturated heterocycles. The van der Waals surface area contributed by atoms with Gasteiger partial charge in [-0.05, 0) is 49.4 Å². The summed E-state index contributed by atoms with van der Waals surface area (Å²) in [6.45, 7) is 1.89. The summed E-state index contributed by atoms with van der Waals surface area (Å²) in [7, 11) is 0. The first kappa shape index (κ1) is 17.3. The van der Waals surface area contributed by atoms with Crippen molar-refractivity contribution in [3.8, 4) is 0 Å². The molecule has 0 unspecified atom stereocenters. The fourth-order valence-corrected chi connectivity index (χ4v) is 2.98. The van der Waals surface area contributed by atoms with Gasteiger partial charge < -0.3 is 5.32 Å². The van der Waals surface area contributed by atoms with Crippen LogP contribution in [-0.2, 0) is 0 Å². The summed E-state index contributed by atoms with van der Waals surface area (Å²) in [6, 6.07) is 12.6. The van der Waals surface area contributed by atoms with Crippen LogP contribution in [0.4, 0.5) is 16.0 Å². The summed E-state index contributed by atoms with van der Waals surface area (Å²) in [4.78, 5) is 21.6. The Balaban J connectivity index is 1.83. The molecule has 0 spiro atoms. The van der Waals surface area contributed by atoms with Crippen LogP contribution in [0.2, 0.25) is 0 Å². The Labute approximate surface area is 162 Å². The van der Waals surface area contributed by atoms with Gasteiger partial charge in [0, 0.05) is 27.2 Å². The number of rotatable bonds is 4. The van der Waals surface area contributed by atoms with Crippen molar-refractivity contribution in [2.75, 3.05) is 5.32 Å². The lowest BCUT2D eigenvalue weighted by Gasteiger charge is -2.09. The number of hydrogen-bond acceptors (Lipinski definition) is 5. The number of carbonyl (C=O) groups excluding carboxylic acids is 1. The van der Waals surface area contributed by atoms with E-state index < -0.39 is 11.6 Å². The second-order valence-electron chi connectivity index (χ2n) is 5.95. The van der Waals surface area contributed by atoms with Crippen molar-refractivity contribution in [2.24, 2.45) is 0 Å². The van der Waals surface area contributed by atoms with Crippen molar-refractivity contribution in [2.45, 2.75) is 6.92 Å². The lowest BCUT2D eigenvalue weighted by molar-refractivity contribution is 0.103. The minimum atomic E-state index is -0.411. The highest BCUT2D eigenvalue weighted by atomic mass is 79.9.